The molecule has 5 rings (SSSR count). The van der Waals surface area contributed by atoms with Crippen LogP contribution in [0.2, 0.25) is 0 Å². The Balaban J connectivity index is 1.76. The van der Waals surface area contributed by atoms with Crippen molar-refractivity contribution in [3.63, 3.8) is 0 Å². The molecule has 0 aliphatic carbocycles. The summed E-state index contributed by atoms with van der Waals surface area (Å²) in [6.45, 7) is 5.80. The van der Waals surface area contributed by atoms with Gasteiger partial charge in [-0.2, -0.15) is 0 Å². The number of non-ortho nitro benzene ring substituents is 1. The van der Waals surface area contributed by atoms with Crippen molar-refractivity contribution in [3.8, 4) is 11.5 Å². The number of esters is 1. The van der Waals surface area contributed by atoms with Crippen LogP contribution in [0.4, 0.5) is 11.4 Å². The Hall–Kier alpha value is -4.49. The van der Waals surface area contributed by atoms with Crippen molar-refractivity contribution in [1.29, 1.82) is 0 Å². The van der Waals surface area contributed by atoms with Crippen LogP contribution >= 0.6 is 11.3 Å². The Labute approximate surface area is 244 Å². The zero-order valence-electron chi connectivity index (χ0n) is 23.6. The van der Waals surface area contributed by atoms with Gasteiger partial charge in [0.25, 0.3) is 11.2 Å². The molecular formula is C29H30N4O8S. The normalized spacial score (nSPS) is 17.0. The van der Waals surface area contributed by atoms with Gasteiger partial charge in [0.05, 0.1) is 54.8 Å². The second kappa shape index (κ2) is 12.2. The molecule has 3 aromatic rings. The number of methoxy groups -OCH3 is 2. The summed E-state index contributed by atoms with van der Waals surface area (Å²) < 4.78 is 23.7. The number of carbonyl (C=O) groups excluding carboxylic acids is 1. The van der Waals surface area contributed by atoms with Gasteiger partial charge in [-0.15, -0.1) is 0 Å². The number of hydrogen-bond acceptors (Lipinski definition) is 11. The van der Waals surface area contributed by atoms with Crippen LogP contribution in [0.3, 0.4) is 0 Å². The van der Waals surface area contributed by atoms with Crippen molar-refractivity contribution in [2.24, 2.45) is 4.99 Å². The number of rotatable bonds is 8. The monoisotopic (exact) mass is 594 g/mol. The quantitative estimate of drug-likeness (QED) is 0.219. The molecule has 1 fully saturated rings. The fraction of sp³-hybridized carbons (Fsp3) is 0.345. The van der Waals surface area contributed by atoms with E-state index in [0.717, 1.165) is 17.0 Å². The van der Waals surface area contributed by atoms with Gasteiger partial charge in [-0.3, -0.25) is 19.5 Å². The van der Waals surface area contributed by atoms with E-state index < -0.39 is 22.5 Å². The molecule has 1 unspecified atom stereocenters. The minimum Gasteiger partial charge on any atom is -0.497 e. The van der Waals surface area contributed by atoms with Gasteiger partial charge in [0.1, 0.15) is 17.5 Å². The number of morpholine rings is 1. The summed E-state index contributed by atoms with van der Waals surface area (Å²) in [5, 5.41) is 11.6. The number of thiazole rings is 1. The molecule has 3 heterocycles. The lowest BCUT2D eigenvalue weighted by molar-refractivity contribution is -0.384. The number of anilines is 1. The molecule has 2 aliphatic heterocycles. The molecular weight excluding hydrogens is 564 g/mol. The molecule has 1 aromatic heterocycles. The Morgan fingerprint density at radius 1 is 1.19 bits per heavy atom. The number of nitro groups is 1. The zero-order valence-corrected chi connectivity index (χ0v) is 24.4. The second-order valence-electron chi connectivity index (χ2n) is 9.51. The zero-order chi connectivity index (χ0) is 30.0. The minimum atomic E-state index is -0.920. The van der Waals surface area contributed by atoms with Crippen LogP contribution in [0, 0.1) is 10.1 Å². The van der Waals surface area contributed by atoms with E-state index in [1.54, 1.807) is 44.2 Å². The van der Waals surface area contributed by atoms with Crippen molar-refractivity contribution in [2.75, 3.05) is 52.0 Å². The average molecular weight is 595 g/mol. The van der Waals surface area contributed by atoms with E-state index in [0.29, 0.717) is 64.0 Å². The van der Waals surface area contributed by atoms with Gasteiger partial charge in [0.2, 0.25) is 0 Å². The Kier molecular flexibility index (Phi) is 8.41. The van der Waals surface area contributed by atoms with E-state index in [2.05, 4.69) is 9.89 Å². The van der Waals surface area contributed by atoms with Gasteiger partial charge >= 0.3 is 5.97 Å². The molecule has 13 heteroatoms. The van der Waals surface area contributed by atoms with Gasteiger partial charge in [-0.1, -0.05) is 11.3 Å². The molecule has 220 valence electrons. The van der Waals surface area contributed by atoms with Crippen molar-refractivity contribution in [2.45, 2.75) is 19.9 Å². The second-order valence-corrected chi connectivity index (χ2v) is 10.5. The summed E-state index contributed by atoms with van der Waals surface area (Å²) in [7, 11) is 3.03. The number of aromatic nitrogens is 1. The molecule has 12 nitrogen and oxygen atoms in total. The number of allylic oxidation sites excluding steroid dienone is 1. The highest BCUT2D eigenvalue weighted by Gasteiger charge is 2.35. The molecule has 1 atom stereocenters. The Morgan fingerprint density at radius 3 is 2.62 bits per heavy atom. The minimum absolute atomic E-state index is 0.0922. The molecule has 0 N–H and O–H groups in total. The van der Waals surface area contributed by atoms with Crippen LogP contribution in [0.25, 0.3) is 6.08 Å². The molecule has 0 bridgehead atoms. The predicted molar refractivity (Wildman–Crippen MR) is 156 cm³/mol. The maximum Gasteiger partial charge on any atom is 0.338 e. The first-order valence-corrected chi connectivity index (χ1v) is 14.1. The fourth-order valence-electron chi connectivity index (χ4n) is 5.14. The van der Waals surface area contributed by atoms with Crippen LogP contribution < -0.4 is 29.3 Å². The number of benzene rings is 2. The topological polar surface area (TPSA) is 135 Å². The largest absolute Gasteiger partial charge is 0.497 e. The molecule has 2 aromatic carbocycles. The van der Waals surface area contributed by atoms with E-state index in [9.17, 15) is 19.7 Å². The van der Waals surface area contributed by atoms with Gasteiger partial charge in [0, 0.05) is 42.0 Å². The standard InChI is InChI=1S/C29H30N4O8S/c1-5-41-28(35)25-17(2)30-29-32(26(25)21-16-20(38-3)7-9-23(21)39-4)27(34)24(42-29)15-18-14-19(33(36)37)6-8-22(18)31-10-12-40-13-11-31/h6-9,14-16,26H,5,10-13H2,1-4H3/b24-15+. The third kappa shape index (κ3) is 5.40. The molecule has 0 amide bonds. The van der Waals surface area contributed by atoms with E-state index in [1.807, 2.05) is 0 Å². The summed E-state index contributed by atoms with van der Waals surface area (Å²) in [6, 6.07) is 8.84. The molecule has 1 saturated heterocycles. The van der Waals surface area contributed by atoms with Crippen molar-refractivity contribution in [3.05, 3.63) is 88.6 Å². The van der Waals surface area contributed by atoms with Crippen molar-refractivity contribution in [1.82, 2.24) is 4.57 Å². The summed E-state index contributed by atoms with van der Waals surface area (Å²) in [5.41, 5.74) is 1.89. The maximum absolute atomic E-state index is 14.2. The summed E-state index contributed by atoms with van der Waals surface area (Å²) in [4.78, 5) is 45.7. The number of ether oxygens (including phenoxy) is 4. The number of nitrogens with zero attached hydrogens (tertiary/aromatic N) is 4. The van der Waals surface area contributed by atoms with Gasteiger partial charge < -0.3 is 23.8 Å². The lowest BCUT2D eigenvalue weighted by Crippen LogP contribution is -2.40. The summed E-state index contributed by atoms with van der Waals surface area (Å²) in [6.07, 6.45) is 1.64. The highest BCUT2D eigenvalue weighted by molar-refractivity contribution is 7.07. The SMILES string of the molecule is CCOC(=O)C1=C(C)N=c2s/c(=C/c3cc([N+](=O)[O-])ccc3N3CCOCC3)c(=O)n2C1c1cc(OC)ccc1OC. The van der Waals surface area contributed by atoms with Crippen LogP contribution in [0.1, 0.15) is 31.0 Å². The highest BCUT2D eigenvalue weighted by Crippen LogP contribution is 2.38. The smallest absolute Gasteiger partial charge is 0.338 e. The molecule has 2 aliphatic rings. The number of carbonyl (C=O) groups is 1. The third-order valence-electron chi connectivity index (χ3n) is 7.11. The van der Waals surface area contributed by atoms with Gasteiger partial charge in [-0.05, 0) is 44.2 Å². The van der Waals surface area contributed by atoms with Crippen LogP contribution in [-0.2, 0) is 14.3 Å². The number of hydrogen-bond donors (Lipinski definition) is 0. The van der Waals surface area contributed by atoms with Gasteiger partial charge in [-0.25, -0.2) is 9.79 Å². The van der Waals surface area contributed by atoms with Crippen molar-refractivity contribution >= 4 is 34.8 Å². The first kappa shape index (κ1) is 29.0. The Morgan fingerprint density at radius 2 is 1.95 bits per heavy atom. The van der Waals surface area contributed by atoms with Crippen molar-refractivity contribution < 1.29 is 28.7 Å². The average Bonchev–Trinajstić information content (AvgIpc) is 3.30. The van der Waals surface area contributed by atoms with Crippen LogP contribution in [0.15, 0.2) is 57.5 Å². The van der Waals surface area contributed by atoms with E-state index in [4.69, 9.17) is 18.9 Å². The summed E-state index contributed by atoms with van der Waals surface area (Å²) >= 11 is 1.14. The lowest BCUT2D eigenvalue weighted by Gasteiger charge is -2.30. The van der Waals surface area contributed by atoms with Crippen LogP contribution in [-0.4, -0.2) is 62.6 Å². The van der Waals surface area contributed by atoms with Gasteiger partial charge in [0.15, 0.2) is 4.80 Å². The fourth-order valence-corrected chi connectivity index (χ4v) is 6.18. The van der Waals surface area contributed by atoms with Crippen LogP contribution in [0.5, 0.6) is 11.5 Å². The van der Waals surface area contributed by atoms with E-state index in [-0.39, 0.29) is 17.9 Å². The number of fused-ring (bicyclic) bond motifs is 1. The summed E-state index contributed by atoms with van der Waals surface area (Å²) in [5.74, 6) is 0.355. The third-order valence-corrected chi connectivity index (χ3v) is 8.09. The van der Waals surface area contributed by atoms with E-state index >= 15 is 0 Å². The lowest BCUT2D eigenvalue weighted by atomic mass is 9.94. The first-order valence-electron chi connectivity index (χ1n) is 13.3. The molecule has 0 spiro atoms. The first-order chi connectivity index (χ1) is 20.3. The predicted octanol–water partition coefficient (Wildman–Crippen LogP) is 2.56. The Bertz CT molecular complexity index is 1750. The maximum atomic E-state index is 14.2. The van der Waals surface area contributed by atoms with E-state index in [1.165, 1.54) is 30.9 Å². The molecule has 0 saturated carbocycles. The molecule has 0 radical (unpaired) electrons. The molecule has 42 heavy (non-hydrogen) atoms. The number of nitro benzene ring substituents is 1. The highest BCUT2D eigenvalue weighted by atomic mass is 32.1.